The van der Waals surface area contributed by atoms with Crippen molar-refractivity contribution in [1.82, 2.24) is 5.32 Å². The standard InChI is InChI=1S/C14H18N2O4/c1-9-3-4-11(7-10(9)2)16-13(18)6-5-12(17)15-8-14(19)20/h3-4,7H,5-6,8H2,1-2H3,(H,15,17)(H,16,18)(H,19,20). The molecule has 3 N–H and O–H groups in total. The minimum absolute atomic E-state index is 0.0123. The second-order valence-electron chi connectivity index (χ2n) is 4.52. The number of carboxylic acids is 1. The molecule has 6 nitrogen and oxygen atoms in total. The number of aliphatic carboxylic acids is 1. The van der Waals surface area contributed by atoms with Crippen LogP contribution in [0.4, 0.5) is 5.69 Å². The maximum Gasteiger partial charge on any atom is 0.322 e. The highest BCUT2D eigenvalue weighted by molar-refractivity contribution is 5.93. The summed E-state index contributed by atoms with van der Waals surface area (Å²) in [5.41, 5.74) is 2.89. The molecule has 0 fully saturated rings. The van der Waals surface area contributed by atoms with Gasteiger partial charge in [0.25, 0.3) is 0 Å². The van der Waals surface area contributed by atoms with Crippen molar-refractivity contribution in [2.45, 2.75) is 26.7 Å². The van der Waals surface area contributed by atoms with Gasteiger partial charge in [0.2, 0.25) is 11.8 Å². The van der Waals surface area contributed by atoms with E-state index in [1.165, 1.54) is 0 Å². The smallest absolute Gasteiger partial charge is 0.322 e. The molecule has 1 aromatic carbocycles. The summed E-state index contributed by atoms with van der Waals surface area (Å²) in [6.45, 7) is 3.50. The topological polar surface area (TPSA) is 95.5 Å². The highest BCUT2D eigenvalue weighted by Crippen LogP contribution is 2.14. The average Bonchev–Trinajstić information content (AvgIpc) is 2.38. The molecule has 0 aliphatic rings. The van der Waals surface area contributed by atoms with Gasteiger partial charge in [-0.15, -0.1) is 0 Å². The van der Waals surface area contributed by atoms with Crippen LogP contribution in [0.15, 0.2) is 18.2 Å². The van der Waals surface area contributed by atoms with Gasteiger partial charge < -0.3 is 15.7 Å². The number of amides is 2. The van der Waals surface area contributed by atoms with Gasteiger partial charge >= 0.3 is 5.97 Å². The van der Waals surface area contributed by atoms with Crippen molar-refractivity contribution in [3.8, 4) is 0 Å². The van der Waals surface area contributed by atoms with Crippen LogP contribution in [0.5, 0.6) is 0 Å². The first-order valence-corrected chi connectivity index (χ1v) is 6.24. The first kappa shape index (κ1) is 15.7. The molecule has 0 saturated heterocycles. The molecule has 1 aromatic rings. The molecule has 0 spiro atoms. The molecular formula is C14H18N2O4. The van der Waals surface area contributed by atoms with E-state index in [2.05, 4.69) is 10.6 Å². The lowest BCUT2D eigenvalue weighted by molar-refractivity contribution is -0.138. The van der Waals surface area contributed by atoms with Crippen LogP contribution < -0.4 is 10.6 Å². The van der Waals surface area contributed by atoms with Crippen molar-refractivity contribution in [3.63, 3.8) is 0 Å². The predicted molar refractivity (Wildman–Crippen MR) is 74.4 cm³/mol. The molecule has 108 valence electrons. The lowest BCUT2D eigenvalue weighted by Crippen LogP contribution is -2.29. The van der Waals surface area contributed by atoms with Crippen LogP contribution in [-0.2, 0) is 14.4 Å². The predicted octanol–water partition coefficient (Wildman–Crippen LogP) is 1.22. The van der Waals surface area contributed by atoms with E-state index in [0.717, 1.165) is 11.1 Å². The molecule has 0 aliphatic carbocycles. The van der Waals surface area contributed by atoms with Gasteiger partial charge in [-0.1, -0.05) is 6.07 Å². The Balaban J connectivity index is 2.38. The summed E-state index contributed by atoms with van der Waals surface area (Å²) in [7, 11) is 0. The Morgan fingerprint density at radius 1 is 1.05 bits per heavy atom. The quantitative estimate of drug-likeness (QED) is 0.729. The van der Waals surface area contributed by atoms with Crippen LogP contribution in [0.2, 0.25) is 0 Å². The average molecular weight is 278 g/mol. The molecular weight excluding hydrogens is 260 g/mol. The van der Waals surface area contributed by atoms with Crippen molar-refractivity contribution in [2.75, 3.05) is 11.9 Å². The van der Waals surface area contributed by atoms with Crippen LogP contribution in [0.1, 0.15) is 24.0 Å². The maximum atomic E-state index is 11.6. The lowest BCUT2D eigenvalue weighted by Gasteiger charge is -2.07. The molecule has 0 bridgehead atoms. The zero-order valence-corrected chi connectivity index (χ0v) is 11.5. The summed E-state index contributed by atoms with van der Waals surface area (Å²) in [5.74, 6) is -1.85. The monoisotopic (exact) mass is 278 g/mol. The fourth-order valence-electron chi connectivity index (χ4n) is 1.53. The molecule has 0 saturated carbocycles. The van der Waals surface area contributed by atoms with E-state index in [9.17, 15) is 14.4 Å². The van der Waals surface area contributed by atoms with Crippen molar-refractivity contribution in [2.24, 2.45) is 0 Å². The molecule has 6 heteroatoms. The first-order valence-electron chi connectivity index (χ1n) is 6.24. The van der Waals surface area contributed by atoms with Crippen LogP contribution >= 0.6 is 0 Å². The van der Waals surface area contributed by atoms with E-state index in [1.54, 1.807) is 6.07 Å². The highest BCUT2D eigenvalue weighted by atomic mass is 16.4. The second-order valence-corrected chi connectivity index (χ2v) is 4.52. The summed E-state index contributed by atoms with van der Waals surface area (Å²) >= 11 is 0. The van der Waals surface area contributed by atoms with Gasteiger partial charge in [-0.2, -0.15) is 0 Å². The van der Waals surface area contributed by atoms with E-state index in [0.29, 0.717) is 5.69 Å². The Morgan fingerprint density at radius 3 is 2.30 bits per heavy atom. The number of hydrogen-bond acceptors (Lipinski definition) is 3. The van der Waals surface area contributed by atoms with Gasteiger partial charge in [0, 0.05) is 18.5 Å². The largest absolute Gasteiger partial charge is 0.480 e. The fraction of sp³-hybridized carbons (Fsp3) is 0.357. The Bertz CT molecular complexity index is 526. The number of carbonyl (C=O) groups is 3. The summed E-state index contributed by atoms with van der Waals surface area (Å²) in [5, 5.41) is 13.3. The minimum Gasteiger partial charge on any atom is -0.480 e. The zero-order chi connectivity index (χ0) is 15.1. The van der Waals surface area contributed by atoms with E-state index in [1.807, 2.05) is 26.0 Å². The lowest BCUT2D eigenvalue weighted by atomic mass is 10.1. The number of carboxylic acid groups (broad SMARTS) is 1. The number of rotatable bonds is 6. The molecule has 0 aliphatic heterocycles. The van der Waals surface area contributed by atoms with E-state index in [-0.39, 0.29) is 18.7 Å². The Morgan fingerprint density at radius 2 is 1.70 bits per heavy atom. The zero-order valence-electron chi connectivity index (χ0n) is 11.5. The van der Waals surface area contributed by atoms with E-state index < -0.39 is 18.4 Å². The summed E-state index contributed by atoms with van der Waals surface area (Å²) in [6.07, 6.45) is -0.0255. The normalized spacial score (nSPS) is 9.90. The van der Waals surface area contributed by atoms with Crippen molar-refractivity contribution >= 4 is 23.5 Å². The van der Waals surface area contributed by atoms with Crippen molar-refractivity contribution in [1.29, 1.82) is 0 Å². The molecule has 0 atom stereocenters. The van der Waals surface area contributed by atoms with E-state index in [4.69, 9.17) is 5.11 Å². The van der Waals surface area contributed by atoms with Gasteiger partial charge in [-0.25, -0.2) is 0 Å². The van der Waals surface area contributed by atoms with Gasteiger partial charge in [-0.05, 0) is 37.1 Å². The van der Waals surface area contributed by atoms with E-state index >= 15 is 0 Å². The number of nitrogens with one attached hydrogen (secondary N) is 2. The molecule has 2 amide bonds. The number of benzene rings is 1. The minimum atomic E-state index is -1.11. The molecule has 0 aromatic heterocycles. The Kier molecular flexibility index (Phi) is 5.71. The van der Waals surface area contributed by atoms with Crippen LogP contribution in [0, 0.1) is 13.8 Å². The van der Waals surface area contributed by atoms with Crippen LogP contribution in [0.3, 0.4) is 0 Å². The number of carbonyl (C=O) groups excluding carboxylic acids is 2. The first-order chi connectivity index (χ1) is 9.38. The Labute approximate surface area is 117 Å². The third-order valence-electron chi connectivity index (χ3n) is 2.81. The highest BCUT2D eigenvalue weighted by Gasteiger charge is 2.08. The summed E-state index contributed by atoms with van der Waals surface area (Å²) in [6, 6.07) is 5.56. The fourth-order valence-corrected chi connectivity index (χ4v) is 1.53. The van der Waals surface area contributed by atoms with Gasteiger partial charge in [0.1, 0.15) is 6.54 Å². The number of aryl methyl sites for hydroxylation is 2. The maximum absolute atomic E-state index is 11.6. The Hall–Kier alpha value is -2.37. The van der Waals surface area contributed by atoms with Crippen LogP contribution in [0.25, 0.3) is 0 Å². The molecule has 1 rings (SSSR count). The van der Waals surface area contributed by atoms with Gasteiger partial charge in [-0.3, -0.25) is 14.4 Å². The molecule has 20 heavy (non-hydrogen) atoms. The van der Waals surface area contributed by atoms with Gasteiger partial charge in [0.15, 0.2) is 0 Å². The summed E-state index contributed by atoms with van der Waals surface area (Å²) < 4.78 is 0. The third kappa shape index (κ3) is 5.51. The second kappa shape index (κ2) is 7.28. The molecule has 0 radical (unpaired) electrons. The molecule has 0 heterocycles. The SMILES string of the molecule is Cc1ccc(NC(=O)CCC(=O)NCC(=O)O)cc1C. The third-order valence-corrected chi connectivity index (χ3v) is 2.81. The number of anilines is 1. The molecule has 0 unspecified atom stereocenters. The van der Waals surface area contributed by atoms with Gasteiger partial charge in [0.05, 0.1) is 0 Å². The summed E-state index contributed by atoms with van der Waals surface area (Å²) in [4.78, 5) is 33.1. The van der Waals surface area contributed by atoms with Crippen molar-refractivity contribution < 1.29 is 19.5 Å². The van der Waals surface area contributed by atoms with Crippen LogP contribution in [-0.4, -0.2) is 29.4 Å². The number of hydrogen-bond donors (Lipinski definition) is 3. The van der Waals surface area contributed by atoms with Crippen molar-refractivity contribution in [3.05, 3.63) is 29.3 Å².